The molecule has 1 N–H and O–H groups in total. The third kappa shape index (κ3) is 2.12. The van der Waals surface area contributed by atoms with E-state index >= 15 is 0 Å². The number of carbonyl (C=O) groups excluding carboxylic acids is 2. The van der Waals surface area contributed by atoms with Crippen LogP contribution in [0.4, 0.5) is 0 Å². The predicted molar refractivity (Wildman–Crippen MR) is 92.3 cm³/mol. The number of hydrogen-bond donors (Lipinski definition) is 1. The van der Waals surface area contributed by atoms with Crippen LogP contribution in [-0.2, 0) is 9.59 Å². The molecule has 4 rings (SSSR count). The topological polar surface area (TPSA) is 54.4 Å². The zero-order valence-electron chi connectivity index (χ0n) is 15.4. The van der Waals surface area contributed by atoms with Gasteiger partial charge in [0.15, 0.2) is 0 Å². The minimum absolute atomic E-state index is 0.0138. The number of rotatable bonds is 1. The highest BCUT2D eigenvalue weighted by Gasteiger charge is 2.63. The Hall–Kier alpha value is -0.700. The highest BCUT2D eigenvalue weighted by atomic mass is 16.3. The molecule has 0 aromatic rings. The molecule has 3 unspecified atom stereocenters. The van der Waals surface area contributed by atoms with Crippen molar-refractivity contribution in [3.05, 3.63) is 0 Å². The van der Waals surface area contributed by atoms with Gasteiger partial charge in [-0.05, 0) is 80.0 Å². The van der Waals surface area contributed by atoms with Crippen LogP contribution < -0.4 is 0 Å². The molecule has 0 aliphatic heterocycles. The summed E-state index contributed by atoms with van der Waals surface area (Å²) in [6.07, 6.45) is 7.27. The van der Waals surface area contributed by atoms with Gasteiger partial charge >= 0.3 is 0 Å². The molecule has 4 fully saturated rings. The molecule has 4 aliphatic carbocycles. The molecule has 4 aliphatic rings. The van der Waals surface area contributed by atoms with Gasteiger partial charge in [-0.2, -0.15) is 0 Å². The van der Waals surface area contributed by atoms with Crippen molar-refractivity contribution in [3.63, 3.8) is 0 Å². The highest BCUT2D eigenvalue weighted by molar-refractivity contribution is 5.80. The lowest BCUT2D eigenvalue weighted by Gasteiger charge is -2.61. The molecule has 0 saturated heterocycles. The van der Waals surface area contributed by atoms with E-state index in [1.807, 2.05) is 0 Å². The van der Waals surface area contributed by atoms with Crippen LogP contribution in [0.3, 0.4) is 0 Å². The van der Waals surface area contributed by atoms with E-state index in [1.54, 1.807) is 6.92 Å². The van der Waals surface area contributed by atoms with Crippen LogP contribution in [0.5, 0.6) is 0 Å². The van der Waals surface area contributed by atoms with Gasteiger partial charge in [0.05, 0.1) is 6.10 Å². The molecule has 0 spiro atoms. The average molecular weight is 332 g/mol. The average Bonchev–Trinajstić information content (AvgIpc) is 2.84. The van der Waals surface area contributed by atoms with Gasteiger partial charge in [-0.3, -0.25) is 9.59 Å². The third-order valence-electron chi connectivity index (χ3n) is 8.90. The fraction of sp³-hybridized carbons (Fsp3) is 0.905. The zero-order valence-corrected chi connectivity index (χ0v) is 15.4. The molecule has 3 nitrogen and oxygen atoms in total. The van der Waals surface area contributed by atoms with Crippen LogP contribution in [0.15, 0.2) is 0 Å². The van der Waals surface area contributed by atoms with Crippen molar-refractivity contribution in [1.29, 1.82) is 0 Å². The van der Waals surface area contributed by atoms with Crippen molar-refractivity contribution in [2.24, 2.45) is 40.4 Å². The lowest BCUT2D eigenvalue weighted by molar-refractivity contribution is -0.173. The molecule has 0 heterocycles. The summed E-state index contributed by atoms with van der Waals surface area (Å²) in [7, 11) is 0. The van der Waals surface area contributed by atoms with Gasteiger partial charge in [0, 0.05) is 18.8 Å². The van der Waals surface area contributed by atoms with Gasteiger partial charge in [-0.15, -0.1) is 0 Å². The third-order valence-corrected chi connectivity index (χ3v) is 8.90. The number of aliphatic hydroxyl groups excluding tert-OH is 1. The molecular weight excluding hydrogens is 300 g/mol. The molecule has 134 valence electrons. The second-order valence-corrected chi connectivity index (χ2v) is 9.84. The molecule has 3 heteroatoms. The number of hydrogen-bond acceptors (Lipinski definition) is 3. The first-order valence-electron chi connectivity index (χ1n) is 9.97. The summed E-state index contributed by atoms with van der Waals surface area (Å²) >= 11 is 0. The highest BCUT2D eigenvalue weighted by Crippen LogP contribution is 2.67. The van der Waals surface area contributed by atoms with Crippen LogP contribution in [-0.4, -0.2) is 22.8 Å². The number of ketones is 2. The van der Waals surface area contributed by atoms with Gasteiger partial charge in [-0.25, -0.2) is 0 Å². The Morgan fingerprint density at radius 2 is 1.88 bits per heavy atom. The molecule has 0 radical (unpaired) electrons. The van der Waals surface area contributed by atoms with E-state index in [1.165, 1.54) is 0 Å². The first-order chi connectivity index (χ1) is 11.3. The quantitative estimate of drug-likeness (QED) is 0.795. The molecule has 0 aromatic heterocycles. The summed E-state index contributed by atoms with van der Waals surface area (Å²) < 4.78 is 0. The standard InChI is InChI=1S/C21H32O3/c1-12(22)16-6-7-17-15-5-4-13-10-14(23)8-9-20(13,2)19(15)18(24)11-21(16,17)3/h13,15-19,24H,4-11H2,1-3H3/t13-,15-,16+,17?,18?,19?,20-,21+/m0/s1. The predicted octanol–water partition coefficient (Wildman–Crippen LogP) is 3.77. The van der Waals surface area contributed by atoms with E-state index in [2.05, 4.69) is 13.8 Å². The van der Waals surface area contributed by atoms with E-state index in [9.17, 15) is 14.7 Å². The maximum Gasteiger partial charge on any atom is 0.133 e. The number of carbonyl (C=O) groups is 2. The Bertz CT molecular complexity index is 569. The largest absolute Gasteiger partial charge is 0.393 e. The fourth-order valence-electron chi connectivity index (χ4n) is 7.84. The van der Waals surface area contributed by atoms with Crippen molar-refractivity contribution in [2.75, 3.05) is 0 Å². The Labute approximate surface area is 145 Å². The van der Waals surface area contributed by atoms with Gasteiger partial charge in [-0.1, -0.05) is 13.8 Å². The molecule has 0 aromatic carbocycles. The second-order valence-electron chi connectivity index (χ2n) is 9.84. The Morgan fingerprint density at radius 3 is 2.58 bits per heavy atom. The maximum atomic E-state index is 12.2. The summed E-state index contributed by atoms with van der Waals surface area (Å²) in [5.41, 5.74) is 0.103. The van der Waals surface area contributed by atoms with Crippen molar-refractivity contribution >= 4 is 11.6 Å². The molecular formula is C21H32O3. The van der Waals surface area contributed by atoms with Crippen LogP contribution in [0, 0.1) is 40.4 Å². The van der Waals surface area contributed by atoms with Crippen LogP contribution in [0.25, 0.3) is 0 Å². The summed E-state index contributed by atoms with van der Waals surface area (Å²) in [6, 6.07) is 0. The van der Waals surface area contributed by atoms with E-state index in [4.69, 9.17) is 0 Å². The van der Waals surface area contributed by atoms with E-state index in [-0.39, 0.29) is 22.9 Å². The lowest BCUT2D eigenvalue weighted by atomic mass is 9.44. The maximum absolute atomic E-state index is 12.2. The lowest BCUT2D eigenvalue weighted by Crippen LogP contribution is -2.59. The fourth-order valence-corrected chi connectivity index (χ4v) is 7.84. The van der Waals surface area contributed by atoms with Crippen molar-refractivity contribution in [1.82, 2.24) is 0 Å². The SMILES string of the molecule is CC(=O)[C@H]1CCC2[C@@H]3CC[C@H]4CC(=O)CC[C@]4(C)C3C(O)C[C@@]21C. The second kappa shape index (κ2) is 5.40. The first-order valence-corrected chi connectivity index (χ1v) is 9.97. The van der Waals surface area contributed by atoms with E-state index in [0.29, 0.717) is 41.7 Å². The summed E-state index contributed by atoms with van der Waals surface area (Å²) in [5.74, 6) is 2.78. The Morgan fingerprint density at radius 1 is 1.12 bits per heavy atom. The van der Waals surface area contributed by atoms with Crippen LogP contribution in [0.1, 0.15) is 72.1 Å². The van der Waals surface area contributed by atoms with Crippen molar-refractivity contribution in [3.8, 4) is 0 Å². The smallest absolute Gasteiger partial charge is 0.133 e. The summed E-state index contributed by atoms with van der Waals surface area (Å²) in [6.45, 7) is 6.36. The normalized spacial score (nSPS) is 53.9. The van der Waals surface area contributed by atoms with E-state index < -0.39 is 0 Å². The van der Waals surface area contributed by atoms with Gasteiger partial charge in [0.2, 0.25) is 0 Å². The molecule has 0 bridgehead atoms. The van der Waals surface area contributed by atoms with Gasteiger partial charge in [0.1, 0.15) is 11.6 Å². The summed E-state index contributed by atoms with van der Waals surface area (Å²) in [5, 5.41) is 11.2. The van der Waals surface area contributed by atoms with Crippen LogP contribution in [0.2, 0.25) is 0 Å². The van der Waals surface area contributed by atoms with Gasteiger partial charge < -0.3 is 5.11 Å². The molecule has 8 atom stereocenters. The van der Waals surface area contributed by atoms with E-state index in [0.717, 1.165) is 44.9 Å². The Kier molecular flexibility index (Phi) is 3.77. The molecule has 4 saturated carbocycles. The monoisotopic (exact) mass is 332 g/mol. The van der Waals surface area contributed by atoms with Gasteiger partial charge in [0.25, 0.3) is 0 Å². The minimum atomic E-state index is -0.308. The van der Waals surface area contributed by atoms with Crippen LogP contribution >= 0.6 is 0 Å². The number of fused-ring (bicyclic) bond motifs is 5. The Balaban J connectivity index is 1.68. The summed E-state index contributed by atoms with van der Waals surface area (Å²) in [4.78, 5) is 24.1. The van der Waals surface area contributed by atoms with Crippen molar-refractivity contribution < 1.29 is 14.7 Å². The van der Waals surface area contributed by atoms with Crippen molar-refractivity contribution in [2.45, 2.75) is 78.2 Å². The molecule has 0 amide bonds. The number of aliphatic hydroxyl groups is 1. The number of Topliss-reactive ketones (excluding diaryl/α,β-unsaturated/α-hetero) is 2. The minimum Gasteiger partial charge on any atom is -0.393 e. The zero-order chi connectivity index (χ0) is 17.3. The first kappa shape index (κ1) is 16.8. The molecule has 24 heavy (non-hydrogen) atoms.